The summed E-state index contributed by atoms with van der Waals surface area (Å²) >= 11 is 0. The molecular weight excluding hydrogens is 392 g/mol. The van der Waals surface area contributed by atoms with Crippen LogP contribution in [0.4, 0.5) is 16.2 Å². The van der Waals surface area contributed by atoms with Crippen molar-refractivity contribution in [2.24, 2.45) is 0 Å². The van der Waals surface area contributed by atoms with Gasteiger partial charge in [-0.25, -0.2) is 4.79 Å². The van der Waals surface area contributed by atoms with E-state index in [2.05, 4.69) is 45.1 Å². The number of amides is 3. The molecule has 4 rings (SSSR count). The third kappa shape index (κ3) is 5.17. The zero-order chi connectivity index (χ0) is 21.6. The van der Waals surface area contributed by atoms with E-state index in [1.54, 1.807) is 6.07 Å². The molecule has 1 unspecified atom stereocenters. The molecule has 1 fully saturated rings. The van der Waals surface area contributed by atoms with Crippen LogP contribution in [0, 0.1) is 0 Å². The van der Waals surface area contributed by atoms with E-state index >= 15 is 0 Å². The van der Waals surface area contributed by atoms with Gasteiger partial charge in [-0.1, -0.05) is 24.3 Å². The van der Waals surface area contributed by atoms with E-state index in [1.165, 1.54) is 11.1 Å². The van der Waals surface area contributed by atoms with E-state index in [4.69, 9.17) is 4.74 Å². The lowest BCUT2D eigenvalue weighted by Crippen LogP contribution is -2.35. The molecule has 2 aromatic rings. The smallest absolute Gasteiger partial charge is 0.319 e. The Bertz CT molecular complexity index is 940. The molecule has 31 heavy (non-hydrogen) atoms. The van der Waals surface area contributed by atoms with Crippen molar-refractivity contribution in [3.63, 3.8) is 0 Å². The fourth-order valence-corrected chi connectivity index (χ4v) is 4.22. The number of carbonyl (C=O) groups excluding carboxylic acids is 2. The molecule has 2 aromatic carbocycles. The van der Waals surface area contributed by atoms with Crippen LogP contribution in [-0.4, -0.2) is 44.3 Å². The van der Waals surface area contributed by atoms with Gasteiger partial charge in [-0.15, -0.1) is 0 Å². The average Bonchev–Trinajstić information content (AvgIpc) is 3.31. The van der Waals surface area contributed by atoms with Crippen molar-refractivity contribution in [3.8, 4) is 0 Å². The third-order valence-electron chi connectivity index (χ3n) is 5.82. The summed E-state index contributed by atoms with van der Waals surface area (Å²) in [7, 11) is 0. The molecule has 2 aliphatic rings. The number of ether oxygens (including phenoxy) is 1. The number of benzene rings is 2. The molecule has 2 aliphatic heterocycles. The first kappa shape index (κ1) is 21.2. The van der Waals surface area contributed by atoms with E-state index in [9.17, 15) is 9.59 Å². The minimum absolute atomic E-state index is 0.0749. The Kier molecular flexibility index (Phi) is 6.72. The zero-order valence-corrected chi connectivity index (χ0v) is 17.9. The number of carbonyl (C=O) groups is 2. The first-order chi connectivity index (χ1) is 15.1. The molecule has 164 valence electrons. The lowest BCUT2D eigenvalue weighted by Gasteiger charge is -2.32. The molecule has 3 amide bonds. The topological polar surface area (TPSA) is 82.7 Å². The van der Waals surface area contributed by atoms with Crippen molar-refractivity contribution in [2.75, 3.05) is 36.5 Å². The molecule has 0 saturated carbocycles. The van der Waals surface area contributed by atoms with Gasteiger partial charge in [-0.05, 0) is 55.5 Å². The highest BCUT2D eigenvalue weighted by Gasteiger charge is 2.23. The van der Waals surface area contributed by atoms with Crippen molar-refractivity contribution in [1.29, 1.82) is 0 Å². The van der Waals surface area contributed by atoms with Gasteiger partial charge in [0.2, 0.25) is 0 Å². The molecule has 7 nitrogen and oxygen atoms in total. The normalized spacial score (nSPS) is 17.7. The third-order valence-corrected chi connectivity index (χ3v) is 5.82. The summed E-state index contributed by atoms with van der Waals surface area (Å²) in [5, 5.41) is 8.55. The second-order valence-corrected chi connectivity index (χ2v) is 8.00. The van der Waals surface area contributed by atoms with E-state index in [1.807, 2.05) is 19.1 Å². The van der Waals surface area contributed by atoms with Gasteiger partial charge in [0.25, 0.3) is 5.91 Å². The maximum Gasteiger partial charge on any atom is 0.319 e. The number of hydrogen-bond acceptors (Lipinski definition) is 4. The van der Waals surface area contributed by atoms with Crippen LogP contribution in [-0.2, 0) is 17.7 Å². The fourth-order valence-electron chi connectivity index (χ4n) is 4.22. The van der Waals surface area contributed by atoms with E-state index < -0.39 is 0 Å². The van der Waals surface area contributed by atoms with Crippen molar-refractivity contribution in [1.82, 2.24) is 10.6 Å². The Hall–Kier alpha value is -3.06. The highest BCUT2D eigenvalue weighted by Crippen LogP contribution is 2.29. The van der Waals surface area contributed by atoms with Crippen LogP contribution in [0.15, 0.2) is 42.5 Å². The van der Waals surface area contributed by atoms with Gasteiger partial charge in [0.15, 0.2) is 0 Å². The van der Waals surface area contributed by atoms with Crippen LogP contribution < -0.4 is 20.9 Å². The zero-order valence-electron chi connectivity index (χ0n) is 17.9. The average molecular weight is 423 g/mol. The molecule has 3 N–H and O–H groups in total. The molecule has 0 aliphatic carbocycles. The number of anilines is 2. The highest BCUT2D eigenvalue weighted by atomic mass is 16.5. The summed E-state index contributed by atoms with van der Waals surface area (Å²) in [6.45, 7) is 5.24. The second-order valence-electron chi connectivity index (χ2n) is 8.00. The predicted molar refractivity (Wildman–Crippen MR) is 122 cm³/mol. The largest absolute Gasteiger partial charge is 0.376 e. The van der Waals surface area contributed by atoms with Crippen LogP contribution in [0.1, 0.15) is 41.3 Å². The summed E-state index contributed by atoms with van der Waals surface area (Å²) < 4.78 is 5.64. The Balaban J connectivity index is 1.57. The number of nitrogens with one attached hydrogen (secondary N) is 3. The van der Waals surface area contributed by atoms with Gasteiger partial charge in [0, 0.05) is 44.2 Å². The van der Waals surface area contributed by atoms with Crippen molar-refractivity contribution < 1.29 is 14.3 Å². The minimum atomic E-state index is -0.284. The molecule has 1 atom stereocenters. The van der Waals surface area contributed by atoms with E-state index in [-0.39, 0.29) is 18.0 Å². The van der Waals surface area contributed by atoms with Crippen LogP contribution in [0.25, 0.3) is 0 Å². The van der Waals surface area contributed by atoms with E-state index in [0.29, 0.717) is 24.3 Å². The molecule has 0 spiro atoms. The Morgan fingerprint density at radius 3 is 2.74 bits per heavy atom. The van der Waals surface area contributed by atoms with E-state index in [0.717, 1.165) is 44.6 Å². The van der Waals surface area contributed by atoms with Gasteiger partial charge in [-0.3, -0.25) is 4.79 Å². The SMILES string of the molecule is CCNC(=O)Nc1ccc(N2CCc3ccccc3C2)c(C(=O)NCC2CCCO2)c1. The molecule has 0 radical (unpaired) electrons. The first-order valence-corrected chi connectivity index (χ1v) is 11.0. The summed E-state index contributed by atoms with van der Waals surface area (Å²) in [5.74, 6) is -0.149. The number of hydrogen-bond donors (Lipinski definition) is 3. The quantitative estimate of drug-likeness (QED) is 0.667. The molecular formula is C24H30N4O3. The van der Waals surface area contributed by atoms with Crippen molar-refractivity contribution >= 4 is 23.3 Å². The predicted octanol–water partition coefficient (Wildman–Crippen LogP) is 3.30. The monoisotopic (exact) mass is 422 g/mol. The highest BCUT2D eigenvalue weighted by molar-refractivity contribution is 6.02. The maximum atomic E-state index is 13.2. The fraction of sp³-hybridized carbons (Fsp3) is 0.417. The first-order valence-electron chi connectivity index (χ1n) is 11.0. The molecule has 0 aromatic heterocycles. The Morgan fingerprint density at radius 1 is 1.13 bits per heavy atom. The van der Waals surface area contributed by atoms with Crippen LogP contribution in [0.5, 0.6) is 0 Å². The lowest BCUT2D eigenvalue weighted by atomic mass is 9.98. The Morgan fingerprint density at radius 2 is 1.97 bits per heavy atom. The number of fused-ring (bicyclic) bond motifs is 1. The molecule has 0 bridgehead atoms. The van der Waals surface area contributed by atoms with Gasteiger partial charge >= 0.3 is 6.03 Å². The molecule has 7 heteroatoms. The van der Waals surface area contributed by atoms with Crippen LogP contribution >= 0.6 is 0 Å². The van der Waals surface area contributed by atoms with Crippen LogP contribution in [0.3, 0.4) is 0 Å². The summed E-state index contributed by atoms with van der Waals surface area (Å²) in [5.41, 5.74) is 4.67. The number of rotatable bonds is 6. The van der Waals surface area contributed by atoms with Crippen LogP contribution in [0.2, 0.25) is 0 Å². The summed E-state index contributed by atoms with van der Waals surface area (Å²) in [4.78, 5) is 27.4. The standard InChI is InChI=1S/C24H30N4O3/c1-2-25-24(30)27-19-9-10-22(28-12-11-17-6-3-4-7-18(17)16-28)21(14-19)23(29)26-15-20-8-5-13-31-20/h3-4,6-7,9-10,14,20H,2,5,8,11-13,15-16H2,1H3,(H,26,29)(H2,25,27,30). The van der Waals surface area contributed by atoms with Crippen molar-refractivity contribution in [2.45, 2.75) is 38.8 Å². The minimum Gasteiger partial charge on any atom is -0.376 e. The number of urea groups is 1. The summed E-state index contributed by atoms with van der Waals surface area (Å²) in [6, 6.07) is 13.7. The van der Waals surface area contributed by atoms with Crippen molar-refractivity contribution in [3.05, 3.63) is 59.2 Å². The van der Waals surface area contributed by atoms with Gasteiger partial charge in [0.05, 0.1) is 11.7 Å². The van der Waals surface area contributed by atoms with Gasteiger partial charge in [-0.2, -0.15) is 0 Å². The molecule has 1 saturated heterocycles. The molecule has 2 heterocycles. The lowest BCUT2D eigenvalue weighted by molar-refractivity contribution is 0.0858. The van der Waals surface area contributed by atoms with Gasteiger partial charge in [0.1, 0.15) is 0 Å². The second kappa shape index (κ2) is 9.83. The Labute approximate surface area is 183 Å². The van der Waals surface area contributed by atoms with Gasteiger partial charge < -0.3 is 25.6 Å². The number of nitrogens with zero attached hydrogens (tertiary/aromatic N) is 1. The maximum absolute atomic E-state index is 13.2. The summed E-state index contributed by atoms with van der Waals surface area (Å²) in [6.07, 6.45) is 3.01.